The van der Waals surface area contributed by atoms with Gasteiger partial charge >= 0.3 is 0 Å². The fraction of sp³-hybridized carbons (Fsp3) is 0.381. The van der Waals surface area contributed by atoms with Gasteiger partial charge in [0.25, 0.3) is 0 Å². The van der Waals surface area contributed by atoms with Gasteiger partial charge in [0.05, 0.1) is 19.6 Å². The third kappa shape index (κ3) is 6.79. The van der Waals surface area contributed by atoms with Crippen LogP contribution in [0.5, 0.6) is 5.75 Å². The second-order valence-corrected chi connectivity index (χ2v) is 6.29. The van der Waals surface area contributed by atoms with Gasteiger partial charge in [-0.15, -0.1) is 0 Å². The van der Waals surface area contributed by atoms with Gasteiger partial charge in [0.2, 0.25) is 0 Å². The standard InChI is InChI=1S/C21H27NO3.ClH/c1-3-14-25-19-11-7-10-18(15-19)20(23)12-13-22-16(2)21(24)17-8-5-4-6-9-17;/h4-11,15-16,21-22,24H,3,12-14H2,1-2H3;1H. The summed E-state index contributed by atoms with van der Waals surface area (Å²) < 4.78 is 5.58. The second kappa shape index (κ2) is 11.7. The fourth-order valence-electron chi connectivity index (χ4n) is 2.68. The lowest BCUT2D eigenvalue weighted by molar-refractivity contribution is -0.693. The molecule has 0 fully saturated rings. The zero-order valence-electron chi connectivity index (χ0n) is 15.4. The molecule has 0 aliphatic rings. The summed E-state index contributed by atoms with van der Waals surface area (Å²) in [5.41, 5.74) is 1.58. The van der Waals surface area contributed by atoms with Gasteiger partial charge in [-0.2, -0.15) is 0 Å². The number of quaternary nitrogens is 1. The van der Waals surface area contributed by atoms with Crippen molar-refractivity contribution in [2.45, 2.75) is 38.8 Å². The number of Topliss-reactive ketones (excluding diaryl/α,β-unsaturated/α-hetero) is 1. The highest BCUT2D eigenvalue weighted by atomic mass is 35.5. The number of carbonyl (C=O) groups is 1. The van der Waals surface area contributed by atoms with E-state index in [9.17, 15) is 9.90 Å². The summed E-state index contributed by atoms with van der Waals surface area (Å²) in [6.07, 6.45) is 0.833. The van der Waals surface area contributed by atoms with E-state index in [1.54, 1.807) is 6.07 Å². The number of ether oxygens (including phenoxy) is 1. The molecule has 0 amide bonds. The van der Waals surface area contributed by atoms with Crippen molar-refractivity contribution in [1.82, 2.24) is 0 Å². The molecule has 26 heavy (non-hydrogen) atoms. The average molecular weight is 378 g/mol. The van der Waals surface area contributed by atoms with Gasteiger partial charge in [-0.05, 0) is 31.0 Å². The van der Waals surface area contributed by atoms with Crippen LogP contribution in [-0.4, -0.2) is 30.1 Å². The molecule has 2 unspecified atom stereocenters. The van der Waals surface area contributed by atoms with Crippen molar-refractivity contribution in [1.29, 1.82) is 0 Å². The van der Waals surface area contributed by atoms with E-state index in [4.69, 9.17) is 4.74 Å². The first-order chi connectivity index (χ1) is 12.1. The molecule has 0 heterocycles. The van der Waals surface area contributed by atoms with Gasteiger partial charge < -0.3 is 27.6 Å². The summed E-state index contributed by atoms with van der Waals surface area (Å²) in [4.78, 5) is 12.4. The Kier molecular flexibility index (Phi) is 9.96. The van der Waals surface area contributed by atoms with Gasteiger partial charge in [0, 0.05) is 5.56 Å². The summed E-state index contributed by atoms with van der Waals surface area (Å²) in [6.45, 7) is 5.32. The SMILES string of the molecule is CCCOc1cccc(C(=O)CC[NH2+]C(C)C(O)c2ccccc2)c1.[Cl-]. The molecular formula is C21H28ClNO3. The van der Waals surface area contributed by atoms with Crippen LogP contribution in [-0.2, 0) is 0 Å². The topological polar surface area (TPSA) is 63.1 Å². The summed E-state index contributed by atoms with van der Waals surface area (Å²) in [5.74, 6) is 0.837. The fourth-order valence-corrected chi connectivity index (χ4v) is 2.68. The first kappa shape index (κ1) is 22.2. The number of ketones is 1. The molecule has 0 saturated heterocycles. The maximum Gasteiger partial charge on any atom is 0.168 e. The van der Waals surface area contributed by atoms with Crippen LogP contribution in [0.3, 0.4) is 0 Å². The molecule has 2 atom stereocenters. The van der Waals surface area contributed by atoms with Gasteiger partial charge in [-0.3, -0.25) is 4.79 Å². The molecule has 4 nitrogen and oxygen atoms in total. The first-order valence-corrected chi connectivity index (χ1v) is 8.94. The van der Waals surface area contributed by atoms with Gasteiger partial charge in [-0.25, -0.2) is 0 Å². The van der Waals surface area contributed by atoms with E-state index in [2.05, 4.69) is 6.92 Å². The van der Waals surface area contributed by atoms with E-state index in [0.29, 0.717) is 25.1 Å². The van der Waals surface area contributed by atoms with Crippen molar-refractivity contribution >= 4 is 5.78 Å². The van der Waals surface area contributed by atoms with Gasteiger partial charge in [0.1, 0.15) is 17.9 Å². The summed E-state index contributed by atoms with van der Waals surface area (Å²) in [7, 11) is 0. The third-order valence-corrected chi connectivity index (χ3v) is 4.18. The first-order valence-electron chi connectivity index (χ1n) is 8.94. The Morgan fingerprint density at radius 2 is 1.88 bits per heavy atom. The highest BCUT2D eigenvalue weighted by Crippen LogP contribution is 2.15. The summed E-state index contributed by atoms with van der Waals surface area (Å²) in [5, 5.41) is 12.4. The third-order valence-electron chi connectivity index (χ3n) is 4.18. The van der Waals surface area contributed by atoms with Crippen LogP contribution < -0.4 is 22.5 Å². The largest absolute Gasteiger partial charge is 1.00 e. The zero-order chi connectivity index (χ0) is 18.1. The number of nitrogens with two attached hydrogens (primary N) is 1. The van der Waals surface area contributed by atoms with E-state index in [1.807, 2.05) is 60.8 Å². The van der Waals surface area contributed by atoms with Crippen LogP contribution in [0.15, 0.2) is 54.6 Å². The Balaban J connectivity index is 0.00000338. The molecule has 2 aromatic carbocycles. The molecule has 0 aliphatic carbocycles. The molecule has 0 aliphatic heterocycles. The number of hydrogen-bond acceptors (Lipinski definition) is 3. The molecule has 0 aromatic heterocycles. The second-order valence-electron chi connectivity index (χ2n) is 6.29. The molecule has 2 aromatic rings. The molecule has 3 N–H and O–H groups in total. The highest BCUT2D eigenvalue weighted by molar-refractivity contribution is 5.96. The van der Waals surface area contributed by atoms with Crippen molar-refractivity contribution in [3.05, 3.63) is 65.7 Å². The maximum absolute atomic E-state index is 12.4. The van der Waals surface area contributed by atoms with Crippen LogP contribution in [0.1, 0.15) is 48.7 Å². The minimum absolute atomic E-state index is 0. The Morgan fingerprint density at radius 1 is 1.15 bits per heavy atom. The van der Waals surface area contributed by atoms with E-state index in [-0.39, 0.29) is 24.2 Å². The van der Waals surface area contributed by atoms with Gasteiger partial charge in [-0.1, -0.05) is 49.4 Å². The van der Waals surface area contributed by atoms with E-state index >= 15 is 0 Å². The van der Waals surface area contributed by atoms with Crippen molar-refractivity contribution in [2.24, 2.45) is 0 Å². The zero-order valence-corrected chi connectivity index (χ0v) is 16.2. The highest BCUT2D eigenvalue weighted by Gasteiger charge is 2.19. The predicted octanol–water partition coefficient (Wildman–Crippen LogP) is -0.262. The molecule has 0 saturated carbocycles. The van der Waals surface area contributed by atoms with Crippen LogP contribution in [0.4, 0.5) is 0 Å². The Hall–Kier alpha value is -1.88. The molecule has 0 bridgehead atoms. The Morgan fingerprint density at radius 3 is 2.58 bits per heavy atom. The van der Waals surface area contributed by atoms with Crippen molar-refractivity contribution in [3.63, 3.8) is 0 Å². The number of halogens is 1. The normalized spacial score (nSPS) is 12.7. The van der Waals surface area contributed by atoms with Crippen molar-refractivity contribution in [3.8, 4) is 5.75 Å². The summed E-state index contributed by atoms with van der Waals surface area (Å²) >= 11 is 0. The van der Waals surface area contributed by atoms with Crippen LogP contribution in [0, 0.1) is 0 Å². The van der Waals surface area contributed by atoms with Gasteiger partial charge in [0.15, 0.2) is 5.78 Å². The number of aliphatic hydroxyl groups is 1. The number of aliphatic hydroxyl groups excluding tert-OH is 1. The van der Waals surface area contributed by atoms with Crippen molar-refractivity contribution in [2.75, 3.05) is 13.2 Å². The average Bonchev–Trinajstić information content (AvgIpc) is 2.66. The molecule has 0 radical (unpaired) electrons. The number of carbonyl (C=O) groups excluding carboxylic acids is 1. The van der Waals surface area contributed by atoms with Crippen molar-refractivity contribution < 1.29 is 32.4 Å². The smallest absolute Gasteiger partial charge is 0.168 e. The van der Waals surface area contributed by atoms with E-state index < -0.39 is 6.10 Å². The maximum atomic E-state index is 12.4. The Labute approximate surface area is 162 Å². The molecule has 142 valence electrons. The monoisotopic (exact) mass is 377 g/mol. The predicted molar refractivity (Wildman–Crippen MR) is 98.8 cm³/mol. The lowest BCUT2D eigenvalue weighted by Crippen LogP contribution is -3.00. The van der Waals surface area contributed by atoms with E-state index in [0.717, 1.165) is 17.7 Å². The summed E-state index contributed by atoms with van der Waals surface area (Å²) in [6, 6.07) is 17.0. The number of benzene rings is 2. The quantitative estimate of drug-likeness (QED) is 0.561. The minimum atomic E-state index is -0.540. The van der Waals surface area contributed by atoms with Crippen LogP contribution >= 0.6 is 0 Å². The molecule has 2 rings (SSSR count). The molecule has 5 heteroatoms. The van der Waals surface area contributed by atoms with Crippen LogP contribution in [0.2, 0.25) is 0 Å². The lowest BCUT2D eigenvalue weighted by Gasteiger charge is -2.17. The number of hydrogen-bond donors (Lipinski definition) is 2. The molecule has 0 spiro atoms. The van der Waals surface area contributed by atoms with E-state index in [1.165, 1.54) is 0 Å². The number of rotatable bonds is 10. The Bertz CT molecular complexity index is 663. The minimum Gasteiger partial charge on any atom is -1.00 e. The molecular weight excluding hydrogens is 350 g/mol. The van der Waals surface area contributed by atoms with Crippen LogP contribution in [0.25, 0.3) is 0 Å². The lowest BCUT2D eigenvalue weighted by atomic mass is 10.0.